The van der Waals surface area contributed by atoms with Crippen LogP contribution in [-0.2, 0) is 21.1 Å². The summed E-state index contributed by atoms with van der Waals surface area (Å²) in [7, 11) is -3.03. The molecule has 2 aromatic rings. The second kappa shape index (κ2) is 6.95. The number of aryl methyl sites for hydroxylation is 2. The number of carbonyl (C=O) groups is 1. The third-order valence-corrected chi connectivity index (χ3v) is 5.98. The molecule has 2 heterocycles. The van der Waals surface area contributed by atoms with Crippen molar-refractivity contribution in [2.24, 2.45) is 0 Å². The first-order chi connectivity index (χ1) is 11.8. The lowest BCUT2D eigenvalue weighted by molar-refractivity contribution is -0.116. The van der Waals surface area contributed by atoms with Crippen LogP contribution in [-0.4, -0.2) is 35.6 Å². The third-order valence-electron chi connectivity index (χ3n) is 4.23. The zero-order valence-electron chi connectivity index (χ0n) is 13.9. The number of nitrogens with zero attached hydrogens (tertiary/aromatic N) is 2. The lowest BCUT2D eigenvalue weighted by Gasteiger charge is -2.13. The molecule has 0 radical (unpaired) electrons. The molecule has 0 bridgehead atoms. The van der Waals surface area contributed by atoms with Gasteiger partial charge in [-0.25, -0.2) is 17.5 Å². The minimum atomic E-state index is -3.03. The van der Waals surface area contributed by atoms with Crippen LogP contribution in [0.3, 0.4) is 0 Å². The van der Waals surface area contributed by atoms with Gasteiger partial charge in [0.15, 0.2) is 9.84 Å². The monoisotopic (exact) mass is 365 g/mol. The van der Waals surface area contributed by atoms with Crippen LogP contribution >= 0.6 is 0 Å². The number of anilines is 1. The van der Waals surface area contributed by atoms with Crippen molar-refractivity contribution in [3.05, 3.63) is 47.4 Å². The van der Waals surface area contributed by atoms with E-state index in [1.807, 2.05) is 0 Å². The number of hydrogen-bond acceptors (Lipinski definition) is 4. The molecule has 1 aliphatic heterocycles. The summed E-state index contributed by atoms with van der Waals surface area (Å²) in [5, 5.41) is 7.14. The van der Waals surface area contributed by atoms with Crippen LogP contribution < -0.4 is 5.32 Å². The van der Waals surface area contributed by atoms with E-state index in [0.29, 0.717) is 18.7 Å². The smallest absolute Gasteiger partial charge is 0.225 e. The fraction of sp³-hybridized carbons (Fsp3) is 0.412. The minimum absolute atomic E-state index is 0.0482. The average Bonchev–Trinajstić information content (AvgIpc) is 3.08. The van der Waals surface area contributed by atoms with E-state index in [0.717, 1.165) is 11.3 Å². The number of nitrogens with one attached hydrogen (secondary N) is 1. The number of benzene rings is 1. The Labute approximate surface area is 146 Å². The Morgan fingerprint density at radius 3 is 2.72 bits per heavy atom. The Bertz CT molecular complexity index is 875. The maximum Gasteiger partial charge on any atom is 0.225 e. The van der Waals surface area contributed by atoms with Crippen LogP contribution in [0.2, 0.25) is 0 Å². The average molecular weight is 365 g/mol. The number of sulfone groups is 1. The van der Waals surface area contributed by atoms with Crippen LogP contribution in [0.5, 0.6) is 0 Å². The molecule has 1 saturated heterocycles. The second-order valence-corrected chi connectivity index (χ2v) is 8.58. The van der Waals surface area contributed by atoms with Gasteiger partial charge in [0.25, 0.3) is 0 Å². The molecule has 0 aliphatic carbocycles. The van der Waals surface area contributed by atoms with Crippen LogP contribution in [0, 0.1) is 12.7 Å². The van der Waals surface area contributed by atoms with E-state index in [9.17, 15) is 17.6 Å². The van der Waals surface area contributed by atoms with E-state index in [4.69, 9.17) is 0 Å². The van der Waals surface area contributed by atoms with Crippen molar-refractivity contribution < 1.29 is 17.6 Å². The highest BCUT2D eigenvalue weighted by molar-refractivity contribution is 7.91. The Kier molecular flexibility index (Phi) is 4.89. The number of halogens is 1. The van der Waals surface area contributed by atoms with Crippen molar-refractivity contribution in [2.75, 3.05) is 16.8 Å². The van der Waals surface area contributed by atoms with E-state index < -0.39 is 9.84 Å². The van der Waals surface area contributed by atoms with Gasteiger partial charge in [0.05, 0.1) is 23.2 Å². The Balaban J connectivity index is 1.64. The van der Waals surface area contributed by atoms with Gasteiger partial charge in [0.1, 0.15) is 11.6 Å². The van der Waals surface area contributed by atoms with E-state index in [2.05, 4.69) is 10.4 Å². The summed E-state index contributed by atoms with van der Waals surface area (Å²) in [6.45, 7) is 1.80. The van der Waals surface area contributed by atoms with E-state index in [1.54, 1.807) is 29.8 Å². The predicted molar refractivity (Wildman–Crippen MR) is 92.6 cm³/mol. The molecule has 8 heteroatoms. The number of carbonyl (C=O) groups excluding carboxylic acids is 1. The molecule has 6 nitrogen and oxygen atoms in total. The molecular weight excluding hydrogens is 345 g/mol. The second-order valence-electron chi connectivity index (χ2n) is 6.35. The fourth-order valence-corrected chi connectivity index (χ4v) is 4.66. The summed E-state index contributed by atoms with van der Waals surface area (Å²) >= 11 is 0. The van der Waals surface area contributed by atoms with Gasteiger partial charge in [0, 0.05) is 12.5 Å². The van der Waals surface area contributed by atoms with Crippen LogP contribution in [0.4, 0.5) is 10.2 Å². The van der Waals surface area contributed by atoms with E-state index in [1.165, 1.54) is 12.1 Å². The zero-order chi connectivity index (χ0) is 18.0. The van der Waals surface area contributed by atoms with Gasteiger partial charge >= 0.3 is 0 Å². The molecule has 1 fully saturated rings. The number of aromatic nitrogens is 2. The van der Waals surface area contributed by atoms with Crippen molar-refractivity contribution >= 4 is 21.6 Å². The van der Waals surface area contributed by atoms with Gasteiger partial charge in [0.2, 0.25) is 5.91 Å². The van der Waals surface area contributed by atoms with Crippen molar-refractivity contribution in [1.82, 2.24) is 9.78 Å². The van der Waals surface area contributed by atoms with Crippen LogP contribution in [0.25, 0.3) is 0 Å². The minimum Gasteiger partial charge on any atom is -0.311 e. The van der Waals surface area contributed by atoms with Gasteiger partial charge in [-0.1, -0.05) is 12.1 Å². The predicted octanol–water partition coefficient (Wildman–Crippen LogP) is 2.26. The van der Waals surface area contributed by atoms with E-state index in [-0.39, 0.29) is 35.7 Å². The molecule has 3 rings (SSSR count). The number of amides is 1. The molecule has 1 aromatic heterocycles. The Hall–Kier alpha value is -2.22. The van der Waals surface area contributed by atoms with Crippen molar-refractivity contribution in [3.8, 4) is 0 Å². The maximum atomic E-state index is 12.9. The first kappa shape index (κ1) is 17.6. The first-order valence-electron chi connectivity index (χ1n) is 8.13. The number of hydrogen-bond donors (Lipinski definition) is 1. The highest BCUT2D eigenvalue weighted by Gasteiger charge is 2.31. The molecule has 0 spiro atoms. The van der Waals surface area contributed by atoms with Gasteiger partial charge in [-0.2, -0.15) is 5.10 Å². The largest absolute Gasteiger partial charge is 0.311 e. The summed E-state index contributed by atoms with van der Waals surface area (Å²) in [4.78, 5) is 12.2. The highest BCUT2D eigenvalue weighted by Crippen LogP contribution is 2.27. The molecule has 1 N–H and O–H groups in total. The topological polar surface area (TPSA) is 81.1 Å². The molecule has 1 aromatic carbocycles. The zero-order valence-corrected chi connectivity index (χ0v) is 14.7. The normalized spacial score (nSPS) is 19.0. The van der Waals surface area contributed by atoms with Crippen LogP contribution in [0.15, 0.2) is 30.3 Å². The Morgan fingerprint density at radius 1 is 1.36 bits per heavy atom. The lowest BCUT2D eigenvalue weighted by Crippen LogP contribution is -2.19. The summed E-state index contributed by atoms with van der Waals surface area (Å²) < 4.78 is 37.9. The SMILES string of the molecule is Cc1cc(NC(=O)CCc2ccc(F)cc2)n(C2CCS(=O)(=O)C2)n1. The molecule has 25 heavy (non-hydrogen) atoms. The van der Waals surface area contributed by atoms with Gasteiger partial charge in [-0.15, -0.1) is 0 Å². The molecule has 1 amide bonds. The maximum absolute atomic E-state index is 12.9. The van der Waals surface area contributed by atoms with Gasteiger partial charge < -0.3 is 5.32 Å². The molecule has 1 aliphatic rings. The quantitative estimate of drug-likeness (QED) is 0.881. The standard InChI is InChI=1S/C17H20FN3O3S/c1-12-10-16(21(20-12)15-8-9-25(23,24)11-15)19-17(22)7-4-13-2-5-14(18)6-3-13/h2-3,5-6,10,15H,4,7-9,11H2,1H3,(H,19,22). The fourth-order valence-electron chi connectivity index (χ4n) is 2.97. The molecule has 1 unspecified atom stereocenters. The molecule has 1 atom stereocenters. The highest BCUT2D eigenvalue weighted by atomic mass is 32.2. The van der Waals surface area contributed by atoms with Crippen molar-refractivity contribution in [2.45, 2.75) is 32.2 Å². The van der Waals surface area contributed by atoms with Gasteiger partial charge in [-0.05, 0) is 37.5 Å². The number of rotatable bonds is 5. The summed E-state index contributed by atoms with van der Waals surface area (Å²) in [6.07, 6.45) is 1.25. The van der Waals surface area contributed by atoms with Crippen molar-refractivity contribution in [3.63, 3.8) is 0 Å². The molecule has 0 saturated carbocycles. The van der Waals surface area contributed by atoms with Crippen LogP contribution in [0.1, 0.15) is 30.1 Å². The Morgan fingerprint density at radius 2 is 2.08 bits per heavy atom. The summed E-state index contributed by atoms with van der Waals surface area (Å²) in [5.41, 5.74) is 1.60. The lowest BCUT2D eigenvalue weighted by atomic mass is 10.1. The van der Waals surface area contributed by atoms with Crippen molar-refractivity contribution in [1.29, 1.82) is 0 Å². The summed E-state index contributed by atoms with van der Waals surface area (Å²) in [5.74, 6) is 0.218. The molecular formula is C17H20FN3O3S. The van der Waals surface area contributed by atoms with Gasteiger partial charge in [-0.3, -0.25) is 4.79 Å². The third kappa shape index (κ3) is 4.45. The van der Waals surface area contributed by atoms with E-state index >= 15 is 0 Å². The first-order valence-corrected chi connectivity index (χ1v) is 9.95. The molecule has 134 valence electrons. The summed E-state index contributed by atoms with van der Waals surface area (Å²) in [6, 6.07) is 7.53.